The molecule has 3 rings (SSSR count). The zero-order valence-corrected chi connectivity index (χ0v) is 14.0. The molecule has 0 aliphatic heterocycles. The van der Waals surface area contributed by atoms with Gasteiger partial charge in [0.15, 0.2) is 0 Å². The van der Waals surface area contributed by atoms with Crippen molar-refractivity contribution in [3.63, 3.8) is 0 Å². The van der Waals surface area contributed by atoms with Gasteiger partial charge >= 0.3 is 0 Å². The molecule has 0 amide bonds. The minimum atomic E-state index is -0.440. The summed E-state index contributed by atoms with van der Waals surface area (Å²) in [5, 5.41) is 0. The van der Waals surface area contributed by atoms with Crippen molar-refractivity contribution in [1.82, 2.24) is 0 Å². The first-order valence-electron chi connectivity index (χ1n) is 8.58. The Morgan fingerprint density at radius 1 is 0.778 bits per heavy atom. The predicted molar refractivity (Wildman–Crippen MR) is 82.6 cm³/mol. The van der Waals surface area contributed by atoms with Crippen LogP contribution in [-0.2, 0) is 0 Å². The molecule has 0 aromatic heterocycles. The normalized spacial score (nSPS) is 52.2. The lowest BCUT2D eigenvalue weighted by Crippen LogP contribution is -2.38. The maximum Gasteiger partial charge on any atom is 0.0343 e. The number of hydrogen-bond acceptors (Lipinski definition) is 0. The standard InChI is InChI=1S/C17H32Si/c1-11-5-6-13-7-8-14-16(15(13)9-11)10-12(2)17(14)18(3)4/h11-18H,5-10H2,1-4H3. The molecule has 3 aliphatic carbocycles. The van der Waals surface area contributed by atoms with Gasteiger partial charge in [-0.05, 0) is 73.2 Å². The summed E-state index contributed by atoms with van der Waals surface area (Å²) >= 11 is 0. The van der Waals surface area contributed by atoms with Gasteiger partial charge in [0, 0.05) is 8.80 Å². The number of fused-ring (bicyclic) bond motifs is 3. The summed E-state index contributed by atoms with van der Waals surface area (Å²) in [7, 11) is -0.440. The van der Waals surface area contributed by atoms with Crippen LogP contribution in [0.25, 0.3) is 0 Å². The molecule has 7 atom stereocenters. The van der Waals surface area contributed by atoms with Gasteiger partial charge in [-0.1, -0.05) is 33.4 Å². The molecule has 3 fully saturated rings. The minimum absolute atomic E-state index is 0.440. The molecule has 0 spiro atoms. The molecule has 0 bridgehead atoms. The van der Waals surface area contributed by atoms with Crippen LogP contribution in [0.1, 0.15) is 52.4 Å². The molecule has 0 radical (unpaired) electrons. The van der Waals surface area contributed by atoms with E-state index in [1.807, 2.05) is 0 Å². The Balaban J connectivity index is 1.79. The second-order valence-corrected chi connectivity index (χ2v) is 11.5. The van der Waals surface area contributed by atoms with Gasteiger partial charge in [0.05, 0.1) is 0 Å². The molecule has 7 unspecified atom stereocenters. The molecule has 3 aliphatic rings. The van der Waals surface area contributed by atoms with Crippen molar-refractivity contribution in [3.05, 3.63) is 0 Å². The zero-order chi connectivity index (χ0) is 12.9. The van der Waals surface area contributed by atoms with Crippen molar-refractivity contribution >= 4 is 8.80 Å². The van der Waals surface area contributed by atoms with E-state index in [2.05, 4.69) is 26.9 Å². The lowest BCUT2D eigenvalue weighted by atomic mass is 9.60. The van der Waals surface area contributed by atoms with Gasteiger partial charge in [-0.15, -0.1) is 0 Å². The SMILES string of the molecule is CC1CCC2CCC3C(CC(C)C3[SiH](C)C)C2C1. The molecule has 0 heterocycles. The molecule has 0 aromatic rings. The van der Waals surface area contributed by atoms with E-state index in [0.717, 1.165) is 35.5 Å². The van der Waals surface area contributed by atoms with Crippen molar-refractivity contribution in [2.24, 2.45) is 35.5 Å². The zero-order valence-electron chi connectivity index (χ0n) is 12.9. The lowest BCUT2D eigenvalue weighted by molar-refractivity contribution is 0.0520. The smallest absolute Gasteiger partial charge is 0.0343 e. The molecule has 104 valence electrons. The quantitative estimate of drug-likeness (QED) is 0.587. The van der Waals surface area contributed by atoms with Crippen molar-refractivity contribution in [1.29, 1.82) is 0 Å². The Hall–Kier alpha value is 0.217. The fourth-order valence-electron chi connectivity index (χ4n) is 6.30. The first-order valence-corrected chi connectivity index (χ1v) is 11.6. The van der Waals surface area contributed by atoms with E-state index in [-0.39, 0.29) is 0 Å². The maximum absolute atomic E-state index is 2.61. The van der Waals surface area contributed by atoms with E-state index in [9.17, 15) is 0 Å². The highest BCUT2D eigenvalue weighted by atomic mass is 28.3. The Morgan fingerprint density at radius 3 is 2.22 bits per heavy atom. The molecular weight excluding hydrogens is 232 g/mol. The van der Waals surface area contributed by atoms with Gasteiger partial charge in [0.2, 0.25) is 0 Å². The second kappa shape index (κ2) is 4.96. The van der Waals surface area contributed by atoms with Crippen LogP contribution in [0.3, 0.4) is 0 Å². The average molecular weight is 265 g/mol. The summed E-state index contributed by atoms with van der Waals surface area (Å²) in [6.07, 6.45) is 9.44. The number of hydrogen-bond donors (Lipinski definition) is 0. The van der Waals surface area contributed by atoms with Crippen molar-refractivity contribution in [3.8, 4) is 0 Å². The minimum Gasteiger partial charge on any atom is -0.0720 e. The second-order valence-electron chi connectivity index (χ2n) is 8.28. The summed E-state index contributed by atoms with van der Waals surface area (Å²) in [6.45, 7) is 10.3. The van der Waals surface area contributed by atoms with Crippen LogP contribution in [0.2, 0.25) is 18.6 Å². The molecular formula is C17H32Si. The third-order valence-corrected chi connectivity index (χ3v) is 9.54. The van der Waals surface area contributed by atoms with E-state index in [1.165, 1.54) is 12.0 Å². The molecule has 0 saturated heterocycles. The van der Waals surface area contributed by atoms with Crippen LogP contribution in [0.4, 0.5) is 0 Å². The van der Waals surface area contributed by atoms with E-state index in [4.69, 9.17) is 0 Å². The van der Waals surface area contributed by atoms with Gasteiger partial charge < -0.3 is 0 Å². The molecule has 18 heavy (non-hydrogen) atoms. The Labute approximate surface area is 116 Å². The Bertz CT molecular complexity index is 296. The maximum atomic E-state index is 2.61. The van der Waals surface area contributed by atoms with Gasteiger partial charge in [0.1, 0.15) is 0 Å². The van der Waals surface area contributed by atoms with Crippen LogP contribution in [0.15, 0.2) is 0 Å². The first-order chi connectivity index (χ1) is 8.58. The third kappa shape index (κ3) is 2.11. The number of rotatable bonds is 1. The molecule has 0 aromatic carbocycles. The summed E-state index contributed by atoms with van der Waals surface area (Å²) in [6, 6.07) is 0. The van der Waals surface area contributed by atoms with Gasteiger partial charge in [0.25, 0.3) is 0 Å². The topological polar surface area (TPSA) is 0 Å². The van der Waals surface area contributed by atoms with Gasteiger partial charge in [-0.25, -0.2) is 0 Å². The van der Waals surface area contributed by atoms with Crippen molar-refractivity contribution in [2.75, 3.05) is 0 Å². The van der Waals surface area contributed by atoms with E-state index < -0.39 is 8.80 Å². The van der Waals surface area contributed by atoms with Crippen LogP contribution < -0.4 is 0 Å². The highest BCUT2D eigenvalue weighted by Crippen LogP contribution is 2.59. The fourth-order valence-corrected chi connectivity index (χ4v) is 9.23. The van der Waals surface area contributed by atoms with E-state index >= 15 is 0 Å². The highest BCUT2D eigenvalue weighted by molar-refractivity contribution is 6.57. The highest BCUT2D eigenvalue weighted by Gasteiger charge is 2.50. The molecule has 0 nitrogen and oxygen atoms in total. The van der Waals surface area contributed by atoms with Gasteiger partial charge in [-0.2, -0.15) is 0 Å². The molecule has 3 saturated carbocycles. The summed E-state index contributed by atoms with van der Waals surface area (Å²) < 4.78 is 0. The third-order valence-electron chi connectivity index (χ3n) is 6.85. The van der Waals surface area contributed by atoms with Crippen LogP contribution in [0.5, 0.6) is 0 Å². The lowest BCUT2D eigenvalue weighted by Gasteiger charge is -2.46. The largest absolute Gasteiger partial charge is 0.0720 e. The van der Waals surface area contributed by atoms with Crippen LogP contribution in [0, 0.1) is 35.5 Å². The monoisotopic (exact) mass is 264 g/mol. The first kappa shape index (κ1) is 13.2. The van der Waals surface area contributed by atoms with Crippen molar-refractivity contribution < 1.29 is 0 Å². The summed E-state index contributed by atoms with van der Waals surface area (Å²) in [5.41, 5.74) is 1.17. The molecule has 0 N–H and O–H groups in total. The Morgan fingerprint density at radius 2 is 1.50 bits per heavy atom. The summed E-state index contributed by atoms with van der Waals surface area (Å²) in [4.78, 5) is 0. The Kier molecular flexibility index (Phi) is 3.64. The van der Waals surface area contributed by atoms with Crippen molar-refractivity contribution in [2.45, 2.75) is 71.0 Å². The average Bonchev–Trinajstić information content (AvgIpc) is 2.65. The van der Waals surface area contributed by atoms with Crippen LogP contribution in [-0.4, -0.2) is 8.80 Å². The van der Waals surface area contributed by atoms with E-state index in [0.29, 0.717) is 0 Å². The van der Waals surface area contributed by atoms with E-state index in [1.54, 1.807) is 32.1 Å². The summed E-state index contributed by atoms with van der Waals surface area (Å²) in [5.74, 6) is 6.63. The molecule has 1 heteroatoms. The van der Waals surface area contributed by atoms with Gasteiger partial charge in [-0.3, -0.25) is 0 Å². The fraction of sp³-hybridized carbons (Fsp3) is 1.00. The predicted octanol–water partition coefficient (Wildman–Crippen LogP) is 4.96. The van der Waals surface area contributed by atoms with Crippen LogP contribution >= 0.6 is 0 Å².